The van der Waals surface area contributed by atoms with Crippen LogP contribution in [0.3, 0.4) is 0 Å². The first-order valence-electron chi connectivity index (χ1n) is 8.87. The number of rotatable bonds is 6. The Kier molecular flexibility index (Phi) is 5.44. The molecule has 4 aromatic rings. The molecule has 2 heterocycles. The summed E-state index contributed by atoms with van der Waals surface area (Å²) in [7, 11) is 0. The normalized spacial score (nSPS) is 10.4. The van der Waals surface area contributed by atoms with E-state index in [-0.39, 0.29) is 11.6 Å². The van der Waals surface area contributed by atoms with E-state index in [1.807, 2.05) is 29.6 Å². The van der Waals surface area contributed by atoms with E-state index in [9.17, 15) is 14.9 Å². The van der Waals surface area contributed by atoms with Gasteiger partial charge in [-0.05, 0) is 48.5 Å². The second-order valence-electron chi connectivity index (χ2n) is 6.23. The lowest BCUT2D eigenvalue weighted by molar-refractivity contribution is -0.384. The van der Waals surface area contributed by atoms with Crippen LogP contribution in [0.2, 0.25) is 0 Å². The lowest BCUT2D eigenvalue weighted by atomic mass is 10.2. The molecule has 0 fully saturated rings. The molecule has 30 heavy (non-hydrogen) atoms. The van der Waals surface area contributed by atoms with Crippen LogP contribution in [0.5, 0.6) is 0 Å². The Morgan fingerprint density at radius 1 is 0.933 bits per heavy atom. The third kappa shape index (κ3) is 4.47. The molecule has 2 aromatic carbocycles. The van der Waals surface area contributed by atoms with E-state index in [2.05, 4.69) is 20.6 Å². The minimum absolute atomic E-state index is 0.0590. The molecular weight excluding hydrogens is 402 g/mol. The van der Waals surface area contributed by atoms with Crippen LogP contribution in [0.15, 0.2) is 78.4 Å². The van der Waals surface area contributed by atoms with Gasteiger partial charge in [-0.3, -0.25) is 19.9 Å². The van der Waals surface area contributed by atoms with E-state index in [1.54, 1.807) is 24.5 Å². The molecule has 0 saturated carbocycles. The zero-order chi connectivity index (χ0) is 20.9. The highest BCUT2D eigenvalue weighted by Crippen LogP contribution is 2.27. The number of pyridine rings is 1. The van der Waals surface area contributed by atoms with Gasteiger partial charge in [-0.25, -0.2) is 4.98 Å². The summed E-state index contributed by atoms with van der Waals surface area (Å²) in [4.78, 5) is 31.1. The van der Waals surface area contributed by atoms with Gasteiger partial charge in [0.15, 0.2) is 5.13 Å². The fraction of sp³-hybridized carbons (Fsp3) is 0. The maximum atomic E-state index is 12.3. The highest BCUT2D eigenvalue weighted by molar-refractivity contribution is 7.14. The van der Waals surface area contributed by atoms with Crippen molar-refractivity contribution in [3.05, 3.63) is 94.1 Å². The minimum atomic E-state index is -0.504. The first kappa shape index (κ1) is 19.2. The largest absolute Gasteiger partial charge is 0.332 e. The maximum absolute atomic E-state index is 12.3. The molecule has 0 atom stereocenters. The summed E-state index contributed by atoms with van der Waals surface area (Å²) in [6.45, 7) is 0. The number of hydrogen-bond acceptors (Lipinski definition) is 7. The smallest absolute Gasteiger partial charge is 0.269 e. The van der Waals surface area contributed by atoms with Crippen LogP contribution in [-0.2, 0) is 0 Å². The fourth-order valence-electron chi connectivity index (χ4n) is 2.68. The highest BCUT2D eigenvalue weighted by Gasteiger charge is 2.10. The summed E-state index contributed by atoms with van der Waals surface area (Å²) in [5.41, 5.74) is 3.60. The van der Waals surface area contributed by atoms with Gasteiger partial charge in [-0.15, -0.1) is 11.3 Å². The predicted molar refractivity (Wildman–Crippen MR) is 116 cm³/mol. The van der Waals surface area contributed by atoms with Crippen LogP contribution in [0.4, 0.5) is 22.2 Å². The number of aromatic nitrogens is 2. The van der Waals surface area contributed by atoms with Crippen LogP contribution < -0.4 is 10.6 Å². The van der Waals surface area contributed by atoms with Gasteiger partial charge in [-0.2, -0.15) is 0 Å². The van der Waals surface area contributed by atoms with Gasteiger partial charge < -0.3 is 10.6 Å². The van der Waals surface area contributed by atoms with E-state index in [1.165, 1.54) is 35.6 Å². The van der Waals surface area contributed by atoms with E-state index in [0.717, 1.165) is 22.1 Å². The first-order valence-corrected chi connectivity index (χ1v) is 9.75. The molecule has 0 bridgehead atoms. The number of nitro benzene ring substituents is 1. The van der Waals surface area contributed by atoms with E-state index in [4.69, 9.17) is 0 Å². The number of anilines is 3. The average Bonchev–Trinajstić information content (AvgIpc) is 3.24. The lowest BCUT2D eigenvalue weighted by Crippen LogP contribution is -2.11. The van der Waals surface area contributed by atoms with Crippen LogP contribution in [-0.4, -0.2) is 20.8 Å². The Bertz CT molecular complexity index is 1180. The Morgan fingerprint density at radius 2 is 1.60 bits per heavy atom. The fourth-order valence-corrected chi connectivity index (χ4v) is 3.42. The van der Waals surface area contributed by atoms with Gasteiger partial charge in [0.2, 0.25) is 0 Å². The Hall–Kier alpha value is -4.11. The topological polar surface area (TPSA) is 110 Å². The van der Waals surface area contributed by atoms with Gasteiger partial charge in [0.05, 0.1) is 10.6 Å². The molecule has 2 N–H and O–H groups in total. The van der Waals surface area contributed by atoms with Crippen molar-refractivity contribution in [2.45, 2.75) is 0 Å². The number of non-ortho nitro benzene ring substituents is 1. The van der Waals surface area contributed by atoms with Gasteiger partial charge in [-0.1, -0.05) is 0 Å². The summed E-state index contributed by atoms with van der Waals surface area (Å²) >= 11 is 1.49. The monoisotopic (exact) mass is 417 g/mol. The average molecular weight is 417 g/mol. The predicted octanol–water partition coefficient (Wildman–Crippen LogP) is 5.11. The quantitative estimate of drug-likeness (QED) is 0.333. The molecule has 1 amide bonds. The number of thiazole rings is 1. The molecule has 0 saturated heterocycles. The SMILES string of the molecule is O=C(Nc1ccc(Nc2nc(-c3ccncc3)cs2)cc1)c1ccc([N+](=O)[O-])cc1. The van der Waals surface area contributed by atoms with Gasteiger partial charge >= 0.3 is 0 Å². The Balaban J connectivity index is 1.39. The number of hydrogen-bond donors (Lipinski definition) is 2. The molecule has 0 aliphatic rings. The number of nitrogens with zero attached hydrogens (tertiary/aromatic N) is 3. The number of benzene rings is 2. The number of carbonyl (C=O) groups excluding carboxylic acids is 1. The van der Waals surface area contributed by atoms with Crippen molar-refractivity contribution < 1.29 is 9.72 Å². The summed E-state index contributed by atoms with van der Waals surface area (Å²) in [5, 5.41) is 19.4. The van der Waals surface area contributed by atoms with Crippen molar-refractivity contribution in [2.24, 2.45) is 0 Å². The summed E-state index contributed by atoms with van der Waals surface area (Å²) in [5.74, 6) is -0.340. The van der Waals surface area contributed by atoms with Crippen LogP contribution in [0.25, 0.3) is 11.3 Å². The highest BCUT2D eigenvalue weighted by atomic mass is 32.1. The van der Waals surface area contributed by atoms with Crippen LogP contribution in [0.1, 0.15) is 10.4 Å². The molecular formula is C21H15N5O3S. The lowest BCUT2D eigenvalue weighted by Gasteiger charge is -2.07. The summed E-state index contributed by atoms with van der Waals surface area (Å²) < 4.78 is 0. The van der Waals surface area contributed by atoms with Gasteiger partial charge in [0.25, 0.3) is 11.6 Å². The zero-order valence-electron chi connectivity index (χ0n) is 15.5. The van der Waals surface area contributed by atoms with Gasteiger partial charge in [0, 0.05) is 52.4 Å². The maximum Gasteiger partial charge on any atom is 0.269 e. The van der Waals surface area contributed by atoms with Crippen molar-refractivity contribution in [3.8, 4) is 11.3 Å². The molecule has 0 radical (unpaired) electrons. The molecule has 148 valence electrons. The molecule has 0 aliphatic heterocycles. The standard InChI is InChI=1S/C21H15N5O3S/c27-20(15-1-7-18(8-2-15)26(28)29)23-16-3-5-17(6-4-16)24-21-25-19(13-30-21)14-9-11-22-12-10-14/h1-13H,(H,23,27)(H,24,25). The summed E-state index contributed by atoms with van der Waals surface area (Å²) in [6.07, 6.45) is 3.46. The van der Waals surface area contributed by atoms with Crippen molar-refractivity contribution in [1.29, 1.82) is 0 Å². The second kappa shape index (κ2) is 8.50. The third-order valence-corrected chi connectivity index (χ3v) is 4.97. The molecule has 2 aromatic heterocycles. The number of nitrogens with one attached hydrogen (secondary N) is 2. The first-order chi connectivity index (χ1) is 14.6. The van der Waals surface area contributed by atoms with Crippen LogP contribution in [0, 0.1) is 10.1 Å². The summed E-state index contributed by atoms with van der Waals surface area (Å²) in [6, 6.07) is 16.5. The second-order valence-corrected chi connectivity index (χ2v) is 7.09. The Morgan fingerprint density at radius 3 is 2.27 bits per heavy atom. The van der Waals surface area contributed by atoms with Crippen molar-refractivity contribution >= 4 is 39.4 Å². The zero-order valence-corrected chi connectivity index (χ0v) is 16.3. The van der Waals surface area contributed by atoms with Gasteiger partial charge in [0.1, 0.15) is 0 Å². The molecule has 0 spiro atoms. The van der Waals surface area contributed by atoms with Crippen LogP contribution >= 0.6 is 11.3 Å². The number of nitro groups is 1. The van der Waals surface area contributed by atoms with Crippen molar-refractivity contribution in [2.75, 3.05) is 10.6 Å². The third-order valence-electron chi connectivity index (χ3n) is 4.21. The molecule has 0 unspecified atom stereocenters. The molecule has 0 aliphatic carbocycles. The van der Waals surface area contributed by atoms with Crippen molar-refractivity contribution in [3.63, 3.8) is 0 Å². The van der Waals surface area contributed by atoms with E-state index < -0.39 is 4.92 Å². The molecule has 9 heteroatoms. The molecule has 4 rings (SSSR count). The van der Waals surface area contributed by atoms with E-state index >= 15 is 0 Å². The Labute approximate surface area is 175 Å². The number of carbonyl (C=O) groups is 1. The minimum Gasteiger partial charge on any atom is -0.332 e. The molecule has 8 nitrogen and oxygen atoms in total. The van der Waals surface area contributed by atoms with E-state index in [0.29, 0.717) is 11.3 Å². The number of amides is 1. The van der Waals surface area contributed by atoms with Crippen molar-refractivity contribution in [1.82, 2.24) is 9.97 Å².